The normalized spacial score (nSPS) is 10.5. The minimum absolute atomic E-state index is 0.0221. The molecule has 0 atom stereocenters. The number of carbonyl (C=O) groups excluding carboxylic acids is 1. The third kappa shape index (κ3) is 2.34. The molecule has 3 rings (SSSR count). The molecule has 0 aliphatic rings. The third-order valence-corrected chi connectivity index (χ3v) is 3.20. The summed E-state index contributed by atoms with van der Waals surface area (Å²) in [5, 5.41) is 12.4. The first-order chi connectivity index (χ1) is 10.2. The van der Waals surface area contributed by atoms with Crippen molar-refractivity contribution < 1.29 is 9.72 Å². The highest BCUT2D eigenvalue weighted by molar-refractivity contribution is 5.97. The Kier molecular flexibility index (Phi) is 3.12. The molecule has 0 saturated heterocycles. The molecular weight excluding hydrogens is 270 g/mol. The summed E-state index contributed by atoms with van der Waals surface area (Å²) < 4.78 is 1.61. The van der Waals surface area contributed by atoms with Crippen LogP contribution >= 0.6 is 0 Å². The van der Waals surface area contributed by atoms with E-state index in [1.165, 1.54) is 12.1 Å². The van der Waals surface area contributed by atoms with E-state index in [2.05, 4.69) is 5.43 Å². The number of carbonyl (C=O) groups is 1. The number of rotatable bonds is 4. The molecule has 3 aromatic rings. The van der Waals surface area contributed by atoms with Gasteiger partial charge in [-0.2, -0.15) is 0 Å². The second kappa shape index (κ2) is 5.09. The smallest absolute Gasteiger partial charge is 0.269 e. The number of hydrogen-bond donors (Lipinski definition) is 1. The van der Waals surface area contributed by atoms with Crippen molar-refractivity contribution in [1.29, 1.82) is 0 Å². The molecule has 1 N–H and O–H groups in total. The average Bonchev–Trinajstić information content (AvgIpc) is 2.84. The molecule has 0 unspecified atom stereocenters. The van der Waals surface area contributed by atoms with Crippen molar-refractivity contribution >= 4 is 28.4 Å². The fraction of sp³-hybridized carbons (Fsp3) is 0. The zero-order valence-electron chi connectivity index (χ0n) is 10.9. The fourth-order valence-corrected chi connectivity index (χ4v) is 2.19. The molecular formula is C15H11N3O3. The first-order valence-corrected chi connectivity index (χ1v) is 6.26. The van der Waals surface area contributed by atoms with Crippen LogP contribution in [0.15, 0.2) is 54.7 Å². The van der Waals surface area contributed by atoms with E-state index in [-0.39, 0.29) is 5.69 Å². The Balaban J connectivity index is 1.97. The van der Waals surface area contributed by atoms with Crippen LogP contribution in [0.5, 0.6) is 0 Å². The minimum atomic E-state index is -0.454. The van der Waals surface area contributed by atoms with Crippen molar-refractivity contribution in [3.05, 3.63) is 70.5 Å². The summed E-state index contributed by atoms with van der Waals surface area (Å²) in [4.78, 5) is 21.5. The van der Waals surface area contributed by atoms with Crippen LogP contribution in [0, 0.1) is 10.1 Å². The van der Waals surface area contributed by atoms with E-state index in [9.17, 15) is 14.9 Å². The highest BCUT2D eigenvalue weighted by Gasteiger charge is 2.09. The zero-order chi connectivity index (χ0) is 14.8. The largest absolute Gasteiger partial charge is 0.296 e. The van der Waals surface area contributed by atoms with Crippen molar-refractivity contribution in [3.63, 3.8) is 0 Å². The lowest BCUT2D eigenvalue weighted by atomic mass is 10.2. The summed E-state index contributed by atoms with van der Waals surface area (Å²) in [6.07, 6.45) is 2.58. The van der Waals surface area contributed by atoms with Gasteiger partial charge in [-0.1, -0.05) is 24.3 Å². The molecule has 1 heterocycles. The Hall–Kier alpha value is -3.15. The lowest BCUT2D eigenvalue weighted by Gasteiger charge is -2.09. The molecule has 0 aliphatic heterocycles. The third-order valence-electron chi connectivity index (χ3n) is 3.20. The SMILES string of the molecule is O=Cc1c2ccccc2cn1Nc1ccc([N+](=O)[O-])cc1. The lowest BCUT2D eigenvalue weighted by molar-refractivity contribution is -0.384. The maximum absolute atomic E-state index is 11.3. The predicted octanol–water partition coefficient (Wildman–Crippen LogP) is 3.24. The summed E-state index contributed by atoms with van der Waals surface area (Å²) in [5.74, 6) is 0. The molecule has 6 nitrogen and oxygen atoms in total. The van der Waals surface area contributed by atoms with Gasteiger partial charge >= 0.3 is 0 Å². The summed E-state index contributed by atoms with van der Waals surface area (Å²) in [6, 6.07) is 13.6. The van der Waals surface area contributed by atoms with Crippen LogP contribution in [-0.4, -0.2) is 15.9 Å². The van der Waals surface area contributed by atoms with E-state index in [1.54, 1.807) is 23.0 Å². The van der Waals surface area contributed by atoms with E-state index in [4.69, 9.17) is 0 Å². The van der Waals surface area contributed by atoms with E-state index in [0.717, 1.165) is 17.1 Å². The number of hydrogen-bond acceptors (Lipinski definition) is 4. The number of nitro benzene ring substituents is 1. The van der Waals surface area contributed by atoms with Gasteiger partial charge in [-0.15, -0.1) is 0 Å². The number of nitrogens with zero attached hydrogens (tertiary/aromatic N) is 2. The van der Waals surface area contributed by atoms with Gasteiger partial charge < -0.3 is 0 Å². The van der Waals surface area contributed by atoms with Crippen LogP contribution in [-0.2, 0) is 0 Å². The van der Waals surface area contributed by atoms with Gasteiger partial charge in [0.2, 0.25) is 0 Å². The summed E-state index contributed by atoms with van der Waals surface area (Å²) in [6.45, 7) is 0. The van der Waals surface area contributed by atoms with E-state index >= 15 is 0 Å². The van der Waals surface area contributed by atoms with Crippen LogP contribution in [0.1, 0.15) is 10.5 Å². The van der Waals surface area contributed by atoms with Crippen molar-refractivity contribution in [3.8, 4) is 0 Å². The molecule has 0 spiro atoms. The standard InChI is InChI=1S/C15H11N3O3/c19-10-15-14-4-2-1-3-11(14)9-17(15)16-12-5-7-13(8-6-12)18(20)21/h1-10,16H. The van der Waals surface area contributed by atoms with Crippen LogP contribution in [0.2, 0.25) is 0 Å². The predicted molar refractivity (Wildman–Crippen MR) is 79.4 cm³/mol. The van der Waals surface area contributed by atoms with Crippen molar-refractivity contribution in [2.45, 2.75) is 0 Å². The maximum Gasteiger partial charge on any atom is 0.269 e. The first kappa shape index (κ1) is 12.9. The molecule has 0 saturated carbocycles. The summed E-state index contributed by atoms with van der Waals surface area (Å²) in [5.41, 5.74) is 4.22. The molecule has 104 valence electrons. The highest BCUT2D eigenvalue weighted by atomic mass is 16.6. The number of fused-ring (bicyclic) bond motifs is 1. The molecule has 0 radical (unpaired) electrons. The Morgan fingerprint density at radius 3 is 2.48 bits per heavy atom. The van der Waals surface area contributed by atoms with Crippen LogP contribution in [0.25, 0.3) is 10.8 Å². The summed E-state index contributed by atoms with van der Waals surface area (Å²) >= 11 is 0. The first-order valence-electron chi connectivity index (χ1n) is 6.26. The number of anilines is 1. The van der Waals surface area contributed by atoms with Crippen LogP contribution in [0.4, 0.5) is 11.4 Å². The van der Waals surface area contributed by atoms with Gasteiger partial charge in [0, 0.05) is 29.1 Å². The zero-order valence-corrected chi connectivity index (χ0v) is 10.9. The molecule has 21 heavy (non-hydrogen) atoms. The lowest BCUT2D eigenvalue weighted by Crippen LogP contribution is -2.10. The van der Waals surface area contributed by atoms with Crippen molar-refractivity contribution in [1.82, 2.24) is 4.68 Å². The van der Waals surface area contributed by atoms with Gasteiger partial charge in [-0.05, 0) is 12.1 Å². The topological polar surface area (TPSA) is 77.2 Å². The number of benzene rings is 2. The molecule has 0 amide bonds. The van der Waals surface area contributed by atoms with Gasteiger partial charge in [-0.3, -0.25) is 25.0 Å². The fourth-order valence-electron chi connectivity index (χ4n) is 2.19. The van der Waals surface area contributed by atoms with Gasteiger partial charge in [0.1, 0.15) is 5.69 Å². The van der Waals surface area contributed by atoms with E-state index < -0.39 is 4.92 Å². The number of nitro groups is 1. The molecule has 0 fully saturated rings. The van der Waals surface area contributed by atoms with Crippen LogP contribution in [0.3, 0.4) is 0 Å². The number of nitrogens with one attached hydrogen (secondary N) is 1. The second-order valence-electron chi connectivity index (χ2n) is 4.51. The second-order valence-corrected chi connectivity index (χ2v) is 4.51. The summed E-state index contributed by atoms with van der Waals surface area (Å²) in [7, 11) is 0. The van der Waals surface area contributed by atoms with Gasteiger partial charge in [0.15, 0.2) is 6.29 Å². The molecule has 6 heteroatoms. The Bertz CT molecular complexity index is 822. The van der Waals surface area contributed by atoms with Gasteiger partial charge in [0.05, 0.1) is 10.6 Å². The number of aromatic nitrogens is 1. The maximum atomic E-state index is 11.3. The highest BCUT2D eigenvalue weighted by Crippen LogP contribution is 2.21. The Morgan fingerprint density at radius 1 is 1.10 bits per heavy atom. The van der Waals surface area contributed by atoms with E-state index in [1.807, 2.05) is 24.3 Å². The number of non-ortho nitro benzene ring substituents is 1. The van der Waals surface area contributed by atoms with E-state index in [0.29, 0.717) is 11.4 Å². The quantitative estimate of drug-likeness (QED) is 0.452. The monoisotopic (exact) mass is 281 g/mol. The average molecular weight is 281 g/mol. The molecule has 1 aromatic heterocycles. The van der Waals surface area contributed by atoms with Crippen LogP contribution < -0.4 is 5.43 Å². The van der Waals surface area contributed by atoms with Gasteiger partial charge in [0.25, 0.3) is 5.69 Å². The molecule has 0 aliphatic carbocycles. The minimum Gasteiger partial charge on any atom is -0.296 e. The Labute approximate surface area is 119 Å². The van der Waals surface area contributed by atoms with Crippen molar-refractivity contribution in [2.24, 2.45) is 0 Å². The van der Waals surface area contributed by atoms with Gasteiger partial charge in [-0.25, -0.2) is 0 Å². The van der Waals surface area contributed by atoms with Crippen molar-refractivity contribution in [2.75, 3.05) is 5.43 Å². The number of aldehydes is 1. The molecule has 0 bridgehead atoms. The molecule has 2 aromatic carbocycles. The Morgan fingerprint density at radius 2 is 1.81 bits per heavy atom.